The Morgan fingerprint density at radius 3 is 2.36 bits per heavy atom. The maximum absolute atomic E-state index is 8.97. The molecule has 0 aromatic heterocycles. The van der Waals surface area contributed by atoms with Gasteiger partial charge in [-0.05, 0) is 43.8 Å². The highest BCUT2D eigenvalue weighted by Gasteiger charge is 2.25. The Hall–Kier alpha value is 0.820. The van der Waals surface area contributed by atoms with Gasteiger partial charge < -0.3 is 9.63 Å². The van der Waals surface area contributed by atoms with Gasteiger partial charge in [0.25, 0.3) is 5.84 Å². The van der Waals surface area contributed by atoms with E-state index in [0.29, 0.717) is 6.61 Å². The fourth-order valence-electron chi connectivity index (χ4n) is 0.645. The van der Waals surface area contributed by atoms with Gasteiger partial charge in [0.15, 0.2) is 5.79 Å². The lowest BCUT2D eigenvalue weighted by atomic mass is 10.4. The molecule has 1 N–H and O–H groups in total. The van der Waals surface area contributed by atoms with E-state index in [0.717, 1.165) is 0 Å². The first kappa shape index (κ1) is 11.8. The first-order valence-electron chi connectivity index (χ1n) is 3.14. The summed E-state index contributed by atoms with van der Waals surface area (Å²) in [6, 6.07) is 0. The topological polar surface area (TPSA) is 38.7 Å². The van der Waals surface area contributed by atoms with Crippen LogP contribution < -0.4 is 0 Å². The number of hydrogen-bond acceptors (Lipinski definition) is 3. The minimum absolute atomic E-state index is 0.485. The molecule has 0 rings (SSSR count). The van der Waals surface area contributed by atoms with E-state index in [9.17, 15) is 0 Å². The Labute approximate surface area is 76.6 Å². The fourth-order valence-corrected chi connectivity index (χ4v) is 2.28. The second-order valence-corrected chi connectivity index (χ2v) is 6.92. The van der Waals surface area contributed by atoms with Gasteiger partial charge in [-0.15, -0.1) is 0 Å². The predicted octanol–water partition coefficient (Wildman–Crippen LogP) is 2.23. The van der Waals surface area contributed by atoms with Crippen molar-refractivity contribution in [1.82, 2.24) is 0 Å². The van der Waals surface area contributed by atoms with Crippen molar-refractivity contribution in [1.29, 1.82) is 0 Å². The molecule has 0 fully saturated rings. The van der Waals surface area contributed by atoms with Crippen molar-refractivity contribution in [3.8, 4) is 0 Å². The van der Waals surface area contributed by atoms with Crippen LogP contribution >= 0.6 is 17.1 Å². The maximum Gasteiger partial charge on any atom is 0.281 e. The summed E-state index contributed by atoms with van der Waals surface area (Å²) in [5, 5.41) is 0. The SMILES string of the molecule is CCOC(C)(C)OP(O)(=S)Cl. The number of halogens is 1. The van der Waals surface area contributed by atoms with Gasteiger partial charge in [0.2, 0.25) is 0 Å². The third-order valence-corrected chi connectivity index (χ3v) is 1.92. The monoisotopic (exact) mass is 218 g/mol. The molecule has 0 saturated heterocycles. The Bertz CT molecular complexity index is 167. The van der Waals surface area contributed by atoms with Crippen LogP contribution in [0.2, 0.25) is 0 Å². The average Bonchev–Trinajstić information content (AvgIpc) is 1.55. The molecule has 0 aliphatic heterocycles. The highest BCUT2D eigenvalue weighted by molar-refractivity contribution is 8.21. The lowest BCUT2D eigenvalue weighted by Crippen LogP contribution is -2.26. The minimum Gasteiger partial charge on any atom is -0.350 e. The Balaban J connectivity index is 4.02. The summed E-state index contributed by atoms with van der Waals surface area (Å²) in [5.74, 6) is -4.04. The van der Waals surface area contributed by atoms with E-state index in [-0.39, 0.29) is 0 Å². The van der Waals surface area contributed by atoms with Gasteiger partial charge in [-0.25, -0.2) is 0 Å². The van der Waals surface area contributed by atoms with E-state index in [1.54, 1.807) is 13.8 Å². The normalized spacial score (nSPS) is 17.9. The largest absolute Gasteiger partial charge is 0.350 e. The van der Waals surface area contributed by atoms with Crippen LogP contribution in [0.25, 0.3) is 0 Å². The van der Waals surface area contributed by atoms with Crippen LogP contribution in [0.1, 0.15) is 20.8 Å². The number of ether oxygens (including phenoxy) is 1. The van der Waals surface area contributed by atoms with Gasteiger partial charge >= 0.3 is 0 Å². The van der Waals surface area contributed by atoms with Crippen molar-refractivity contribution in [3.05, 3.63) is 0 Å². The quantitative estimate of drug-likeness (QED) is 0.580. The lowest BCUT2D eigenvalue weighted by Gasteiger charge is -2.26. The van der Waals surface area contributed by atoms with E-state index in [2.05, 4.69) is 11.8 Å². The molecule has 68 valence electrons. The molecular weight excluding hydrogens is 207 g/mol. The van der Waals surface area contributed by atoms with Crippen LogP contribution in [0.5, 0.6) is 0 Å². The van der Waals surface area contributed by atoms with E-state index >= 15 is 0 Å². The minimum atomic E-state index is -3.14. The molecule has 0 saturated carbocycles. The van der Waals surface area contributed by atoms with Gasteiger partial charge in [-0.3, -0.25) is 4.52 Å². The smallest absolute Gasteiger partial charge is 0.281 e. The van der Waals surface area contributed by atoms with Crippen LogP contribution in [-0.2, 0) is 21.1 Å². The van der Waals surface area contributed by atoms with Crippen molar-refractivity contribution in [2.24, 2.45) is 0 Å². The first-order valence-corrected chi connectivity index (χ1v) is 6.72. The summed E-state index contributed by atoms with van der Waals surface area (Å²) >= 11 is 9.81. The van der Waals surface area contributed by atoms with Gasteiger partial charge in [0, 0.05) is 6.61 Å². The predicted molar refractivity (Wildman–Crippen MR) is 49.1 cm³/mol. The molecule has 3 nitrogen and oxygen atoms in total. The van der Waals surface area contributed by atoms with E-state index in [4.69, 9.17) is 25.4 Å². The second kappa shape index (κ2) is 4.17. The van der Waals surface area contributed by atoms with Crippen molar-refractivity contribution < 1.29 is 14.2 Å². The van der Waals surface area contributed by atoms with Crippen LogP contribution in [0.4, 0.5) is 0 Å². The zero-order valence-corrected chi connectivity index (χ0v) is 9.17. The lowest BCUT2D eigenvalue weighted by molar-refractivity contribution is -0.150. The summed E-state index contributed by atoms with van der Waals surface area (Å²) in [5.41, 5.74) is 0. The highest BCUT2D eigenvalue weighted by Crippen LogP contribution is 2.51. The van der Waals surface area contributed by atoms with Crippen molar-refractivity contribution in [2.45, 2.75) is 26.6 Å². The first-order chi connectivity index (χ1) is 4.77. The zero-order valence-electron chi connectivity index (χ0n) is 6.70. The summed E-state index contributed by atoms with van der Waals surface area (Å²) in [7, 11) is 0. The van der Waals surface area contributed by atoms with Gasteiger partial charge in [-0.1, -0.05) is 0 Å². The Kier molecular flexibility index (Phi) is 4.48. The molecule has 1 unspecified atom stereocenters. The third-order valence-electron chi connectivity index (χ3n) is 0.824. The standard InChI is InChI=1S/C5H12ClO3PS/c1-4-8-5(2,3)9-10(6,7)11/h4H2,1-3H3,(H,7,11). The van der Waals surface area contributed by atoms with Crippen LogP contribution in [0.3, 0.4) is 0 Å². The Morgan fingerprint density at radius 1 is 1.64 bits per heavy atom. The molecule has 1 atom stereocenters. The van der Waals surface area contributed by atoms with E-state index < -0.39 is 11.6 Å². The highest BCUT2D eigenvalue weighted by atomic mass is 35.7. The van der Waals surface area contributed by atoms with Gasteiger partial charge in [0.1, 0.15) is 0 Å². The molecule has 0 amide bonds. The molecule has 0 bridgehead atoms. The van der Waals surface area contributed by atoms with Crippen LogP contribution in [0.15, 0.2) is 0 Å². The summed E-state index contributed by atoms with van der Waals surface area (Å²) < 4.78 is 9.99. The third kappa shape index (κ3) is 7.19. The maximum atomic E-state index is 8.97. The molecule has 0 spiro atoms. The van der Waals surface area contributed by atoms with Crippen molar-refractivity contribution >= 4 is 28.9 Å². The Morgan fingerprint density at radius 2 is 2.09 bits per heavy atom. The molecule has 6 heteroatoms. The van der Waals surface area contributed by atoms with E-state index in [1.807, 2.05) is 6.92 Å². The molecule has 0 heterocycles. The van der Waals surface area contributed by atoms with Crippen molar-refractivity contribution in [2.75, 3.05) is 6.61 Å². The molecular formula is C5H12ClO3PS. The van der Waals surface area contributed by atoms with Gasteiger partial charge in [0.05, 0.1) is 0 Å². The molecule has 0 radical (unpaired) electrons. The van der Waals surface area contributed by atoms with Crippen LogP contribution in [0, 0.1) is 0 Å². The average molecular weight is 219 g/mol. The molecule has 0 aromatic carbocycles. The van der Waals surface area contributed by atoms with E-state index in [1.165, 1.54) is 0 Å². The molecule has 0 aliphatic carbocycles. The number of rotatable bonds is 4. The zero-order chi connectivity index (χ0) is 9.12. The van der Waals surface area contributed by atoms with Crippen molar-refractivity contribution in [3.63, 3.8) is 0 Å². The molecule has 0 aliphatic rings. The summed E-state index contributed by atoms with van der Waals surface area (Å²) in [6.45, 7) is 5.60. The molecule has 11 heavy (non-hydrogen) atoms. The summed E-state index contributed by atoms with van der Waals surface area (Å²) in [6.07, 6.45) is 0. The second-order valence-electron chi connectivity index (χ2n) is 2.38. The van der Waals surface area contributed by atoms with Gasteiger partial charge in [-0.2, -0.15) is 0 Å². The summed E-state index contributed by atoms with van der Waals surface area (Å²) in [4.78, 5) is 8.97. The molecule has 0 aromatic rings. The fraction of sp³-hybridized carbons (Fsp3) is 1.00. The number of hydrogen-bond donors (Lipinski definition) is 1. The van der Waals surface area contributed by atoms with Crippen LogP contribution in [-0.4, -0.2) is 17.3 Å².